The van der Waals surface area contributed by atoms with E-state index in [9.17, 15) is 4.79 Å². The zero-order chi connectivity index (χ0) is 17.5. The first kappa shape index (κ1) is 15.8. The molecule has 1 saturated carbocycles. The van der Waals surface area contributed by atoms with Gasteiger partial charge in [-0.3, -0.25) is 4.79 Å². The molecular weight excluding hydrogens is 366 g/mol. The Balaban J connectivity index is 1.45. The number of H-pyrrole nitrogens is 1. The Morgan fingerprint density at radius 1 is 1.15 bits per heavy atom. The molecule has 0 bridgehead atoms. The van der Waals surface area contributed by atoms with Crippen LogP contribution in [0.3, 0.4) is 0 Å². The van der Waals surface area contributed by atoms with E-state index in [2.05, 4.69) is 20.3 Å². The lowest BCUT2D eigenvalue weighted by molar-refractivity contribution is 0.975. The topological polar surface area (TPSA) is 83.6 Å². The highest BCUT2D eigenvalue weighted by atomic mass is 32.2. The highest BCUT2D eigenvalue weighted by Crippen LogP contribution is 2.30. The van der Waals surface area contributed by atoms with Crippen LogP contribution in [-0.4, -0.2) is 26.0 Å². The van der Waals surface area contributed by atoms with Gasteiger partial charge in [0.05, 0.1) is 16.8 Å². The van der Waals surface area contributed by atoms with Gasteiger partial charge in [0, 0.05) is 11.4 Å². The Labute approximate surface area is 157 Å². The lowest BCUT2D eigenvalue weighted by atomic mass is 10.2. The summed E-state index contributed by atoms with van der Waals surface area (Å²) in [6.45, 7) is 0. The third kappa shape index (κ3) is 3.06. The van der Waals surface area contributed by atoms with Gasteiger partial charge in [0.2, 0.25) is 0 Å². The minimum absolute atomic E-state index is 0.0869. The Morgan fingerprint density at radius 3 is 2.92 bits per heavy atom. The third-order valence-corrected chi connectivity index (χ3v) is 5.96. The summed E-state index contributed by atoms with van der Waals surface area (Å²) in [5, 5.41) is 7.09. The summed E-state index contributed by atoms with van der Waals surface area (Å²) in [6, 6.07) is 10.4. The third-order valence-electron chi connectivity index (χ3n) is 4.20. The molecule has 130 valence electrons. The standard InChI is InChI=1S/C18H15N5OS2/c24-17-15-13(7-8-25-15)20-14(22-17)9-26-18-21-12-4-2-1-3-11(12)16(23-18)19-10-5-6-10/h1-4,7-8,10H,5-6,9H2,(H,19,21,23)(H,20,22,24). The maximum absolute atomic E-state index is 12.1. The fourth-order valence-corrected chi connectivity index (χ4v) is 4.22. The van der Waals surface area contributed by atoms with Crippen LogP contribution in [0.2, 0.25) is 0 Å². The molecule has 3 heterocycles. The second-order valence-electron chi connectivity index (χ2n) is 6.23. The SMILES string of the molecule is O=c1[nH]c(CSc2nc(NC3CC3)c3ccccc3n2)nc2ccsc12. The summed E-state index contributed by atoms with van der Waals surface area (Å²) < 4.78 is 0.664. The smallest absolute Gasteiger partial charge is 0.268 e. The predicted molar refractivity (Wildman–Crippen MR) is 106 cm³/mol. The first-order chi connectivity index (χ1) is 12.8. The number of benzene rings is 1. The molecule has 5 rings (SSSR count). The van der Waals surface area contributed by atoms with Crippen molar-refractivity contribution in [3.63, 3.8) is 0 Å². The van der Waals surface area contributed by atoms with E-state index in [1.807, 2.05) is 35.7 Å². The lowest BCUT2D eigenvalue weighted by Crippen LogP contribution is -2.09. The van der Waals surface area contributed by atoms with E-state index in [1.165, 1.54) is 35.9 Å². The molecule has 0 radical (unpaired) electrons. The van der Waals surface area contributed by atoms with Gasteiger partial charge in [-0.1, -0.05) is 23.9 Å². The van der Waals surface area contributed by atoms with E-state index in [0.717, 1.165) is 22.2 Å². The average molecular weight is 381 g/mol. The summed E-state index contributed by atoms with van der Waals surface area (Å²) in [4.78, 5) is 28.8. The molecule has 26 heavy (non-hydrogen) atoms. The maximum Gasteiger partial charge on any atom is 0.268 e. The summed E-state index contributed by atoms with van der Waals surface area (Å²) in [5.41, 5.74) is 1.57. The number of thiophene rings is 1. The molecule has 8 heteroatoms. The van der Waals surface area contributed by atoms with Gasteiger partial charge in [0.1, 0.15) is 16.3 Å². The van der Waals surface area contributed by atoms with Crippen LogP contribution in [0.25, 0.3) is 21.1 Å². The number of rotatable bonds is 5. The number of nitrogens with one attached hydrogen (secondary N) is 2. The Morgan fingerprint density at radius 2 is 2.04 bits per heavy atom. The Bertz CT molecular complexity index is 1170. The van der Waals surface area contributed by atoms with Gasteiger partial charge in [0.25, 0.3) is 5.56 Å². The van der Waals surface area contributed by atoms with E-state index in [4.69, 9.17) is 4.98 Å². The molecule has 0 atom stereocenters. The minimum Gasteiger partial charge on any atom is -0.367 e. The van der Waals surface area contributed by atoms with Gasteiger partial charge < -0.3 is 10.3 Å². The number of hydrogen-bond donors (Lipinski definition) is 2. The fourth-order valence-electron chi connectivity index (χ4n) is 2.77. The summed E-state index contributed by atoms with van der Waals surface area (Å²) in [7, 11) is 0. The molecule has 6 nitrogen and oxygen atoms in total. The number of anilines is 1. The number of aromatic nitrogens is 4. The number of para-hydroxylation sites is 1. The van der Waals surface area contributed by atoms with Crippen molar-refractivity contribution in [1.82, 2.24) is 19.9 Å². The molecule has 0 saturated heterocycles. The van der Waals surface area contributed by atoms with Crippen LogP contribution in [-0.2, 0) is 5.75 Å². The fraction of sp³-hybridized carbons (Fsp3) is 0.222. The summed E-state index contributed by atoms with van der Waals surface area (Å²) in [5.74, 6) is 2.04. The molecule has 0 spiro atoms. The van der Waals surface area contributed by atoms with E-state index in [0.29, 0.717) is 27.5 Å². The maximum atomic E-state index is 12.1. The van der Waals surface area contributed by atoms with Crippen LogP contribution in [0, 0.1) is 0 Å². The van der Waals surface area contributed by atoms with Gasteiger partial charge in [0.15, 0.2) is 5.16 Å². The van der Waals surface area contributed by atoms with Gasteiger partial charge in [-0.15, -0.1) is 11.3 Å². The molecule has 1 aliphatic rings. The van der Waals surface area contributed by atoms with Gasteiger partial charge >= 0.3 is 0 Å². The van der Waals surface area contributed by atoms with Gasteiger partial charge in [-0.05, 0) is 36.4 Å². The van der Waals surface area contributed by atoms with Gasteiger partial charge in [-0.2, -0.15) is 0 Å². The summed E-state index contributed by atoms with van der Waals surface area (Å²) in [6.07, 6.45) is 2.37. The van der Waals surface area contributed by atoms with Crippen LogP contribution in [0.1, 0.15) is 18.7 Å². The van der Waals surface area contributed by atoms with Crippen molar-refractivity contribution in [1.29, 1.82) is 0 Å². The molecule has 2 N–H and O–H groups in total. The number of thioether (sulfide) groups is 1. The largest absolute Gasteiger partial charge is 0.367 e. The number of nitrogens with zero attached hydrogens (tertiary/aromatic N) is 3. The number of aromatic amines is 1. The molecule has 0 amide bonds. The molecule has 4 aromatic rings. The molecule has 1 aliphatic carbocycles. The minimum atomic E-state index is -0.0869. The van der Waals surface area contributed by atoms with Crippen molar-refractivity contribution in [2.75, 3.05) is 5.32 Å². The Kier molecular flexibility index (Phi) is 3.86. The molecule has 1 fully saturated rings. The average Bonchev–Trinajstić information content (AvgIpc) is 3.33. The molecule has 1 aromatic carbocycles. The van der Waals surface area contributed by atoms with E-state index in [1.54, 1.807) is 0 Å². The lowest BCUT2D eigenvalue weighted by Gasteiger charge is -2.09. The Hall–Kier alpha value is -2.45. The highest BCUT2D eigenvalue weighted by molar-refractivity contribution is 7.98. The summed E-state index contributed by atoms with van der Waals surface area (Å²) >= 11 is 2.88. The molecule has 0 unspecified atom stereocenters. The van der Waals surface area contributed by atoms with E-state index >= 15 is 0 Å². The predicted octanol–water partition coefficient (Wildman–Crippen LogP) is 3.79. The van der Waals surface area contributed by atoms with Crippen molar-refractivity contribution in [2.24, 2.45) is 0 Å². The van der Waals surface area contributed by atoms with Crippen molar-refractivity contribution in [3.8, 4) is 0 Å². The van der Waals surface area contributed by atoms with Crippen molar-refractivity contribution in [2.45, 2.75) is 29.8 Å². The molecular formula is C18H15N5OS2. The normalized spacial score (nSPS) is 14.2. The quantitative estimate of drug-likeness (QED) is 0.404. The van der Waals surface area contributed by atoms with Crippen molar-refractivity contribution in [3.05, 3.63) is 51.9 Å². The molecule has 3 aromatic heterocycles. The second-order valence-corrected chi connectivity index (χ2v) is 8.09. The van der Waals surface area contributed by atoms with Gasteiger partial charge in [-0.25, -0.2) is 15.0 Å². The van der Waals surface area contributed by atoms with E-state index in [-0.39, 0.29) is 5.56 Å². The zero-order valence-corrected chi connectivity index (χ0v) is 15.4. The zero-order valence-electron chi connectivity index (χ0n) is 13.7. The number of hydrogen-bond acceptors (Lipinski definition) is 7. The van der Waals surface area contributed by atoms with Crippen LogP contribution < -0.4 is 10.9 Å². The van der Waals surface area contributed by atoms with Crippen molar-refractivity contribution < 1.29 is 0 Å². The van der Waals surface area contributed by atoms with Crippen LogP contribution in [0.15, 0.2) is 45.7 Å². The second kappa shape index (κ2) is 6.37. The van der Waals surface area contributed by atoms with Crippen LogP contribution in [0.5, 0.6) is 0 Å². The van der Waals surface area contributed by atoms with Crippen LogP contribution in [0.4, 0.5) is 5.82 Å². The molecule has 0 aliphatic heterocycles. The van der Waals surface area contributed by atoms with Crippen molar-refractivity contribution >= 4 is 50.0 Å². The first-order valence-corrected chi connectivity index (χ1v) is 10.3. The monoisotopic (exact) mass is 381 g/mol. The van der Waals surface area contributed by atoms with Crippen LogP contribution >= 0.6 is 23.1 Å². The highest BCUT2D eigenvalue weighted by Gasteiger charge is 2.22. The van der Waals surface area contributed by atoms with E-state index < -0.39 is 0 Å². The number of fused-ring (bicyclic) bond motifs is 2. The first-order valence-electron chi connectivity index (χ1n) is 8.39.